The summed E-state index contributed by atoms with van der Waals surface area (Å²) in [5, 5.41) is 6.36. The molecule has 11 heteroatoms. The van der Waals surface area contributed by atoms with Crippen molar-refractivity contribution in [3.05, 3.63) is 59.7 Å². The Bertz CT molecular complexity index is 1570. The molecule has 4 aliphatic rings. The Morgan fingerprint density at radius 1 is 0.678 bits per heavy atom. The second-order valence-electron chi connectivity index (χ2n) is 18.5. The maximum absolute atomic E-state index is 13.2. The third kappa shape index (κ3) is 14.3. The minimum absolute atomic E-state index is 0.137. The molecule has 4 fully saturated rings. The van der Waals surface area contributed by atoms with Gasteiger partial charge in [0.2, 0.25) is 0 Å². The van der Waals surface area contributed by atoms with Crippen molar-refractivity contribution in [3.63, 3.8) is 0 Å². The quantitative estimate of drug-likeness (QED) is 0.0891. The number of hydrogen-bond acceptors (Lipinski definition) is 9. The lowest BCUT2D eigenvalue weighted by molar-refractivity contribution is 0.0108. The normalized spacial score (nSPS) is 27.5. The maximum atomic E-state index is 13.2. The molecule has 2 saturated carbocycles. The molecular formula is C48H74N4O7. The van der Waals surface area contributed by atoms with Gasteiger partial charge in [-0.1, -0.05) is 51.5 Å². The van der Waals surface area contributed by atoms with E-state index in [1.807, 2.05) is 31.2 Å². The number of nitrogens with one attached hydrogen (secondary N) is 2. The van der Waals surface area contributed by atoms with Crippen LogP contribution in [0.3, 0.4) is 0 Å². The minimum atomic E-state index is -0.363. The molecule has 2 saturated heterocycles. The number of ether oxygens (including phenoxy) is 5. The average Bonchev–Trinajstić information content (AvgIpc) is 4.13. The Hall–Kier alpha value is -3.54. The number of benzene rings is 2. The summed E-state index contributed by atoms with van der Waals surface area (Å²) in [6.45, 7) is 18.6. The van der Waals surface area contributed by atoms with Gasteiger partial charge in [0, 0.05) is 62.4 Å². The molecule has 59 heavy (non-hydrogen) atoms. The Morgan fingerprint density at radius 3 is 1.54 bits per heavy atom. The first-order valence-electron chi connectivity index (χ1n) is 23.0. The Labute approximate surface area is 354 Å². The fourth-order valence-corrected chi connectivity index (χ4v) is 9.04. The van der Waals surface area contributed by atoms with E-state index in [0.29, 0.717) is 56.9 Å². The standard InChI is InChI=1S/C48H74N4O7/c1-7-9-26-55-32-44(30-51-28-34(51)3)58-46(53)49-40-18-10-36(11-19-40)27-37-12-20-41(21-13-37)50-47(54)59-45(31-52-29-35(52)4)33-57-43-24-16-39(17-25-43)48(5,6)38-14-22-42(23-15-38)56-8-2/h14-17,22-25,34-37,40-41,44-45H,7-13,18-21,26-33H2,1-6H3,(H,49,53)(H,50,54). The van der Waals surface area contributed by atoms with Crippen molar-refractivity contribution in [2.75, 3.05) is 52.6 Å². The van der Waals surface area contributed by atoms with Gasteiger partial charge in [0.1, 0.15) is 24.2 Å². The van der Waals surface area contributed by atoms with Crippen molar-refractivity contribution in [2.24, 2.45) is 11.8 Å². The zero-order valence-corrected chi connectivity index (χ0v) is 36.9. The number of unbranched alkanes of at least 4 members (excludes halogenated alkanes) is 1. The topological polar surface area (TPSA) is 110 Å². The van der Waals surface area contributed by atoms with Crippen LogP contribution in [-0.4, -0.2) is 111 Å². The molecule has 2 aromatic carbocycles. The number of hydrogen-bond donors (Lipinski definition) is 2. The highest BCUT2D eigenvalue weighted by atomic mass is 16.6. The lowest BCUT2D eigenvalue weighted by atomic mass is 9.76. The maximum Gasteiger partial charge on any atom is 0.407 e. The van der Waals surface area contributed by atoms with Crippen LogP contribution in [0.5, 0.6) is 11.5 Å². The summed E-state index contributed by atoms with van der Waals surface area (Å²) >= 11 is 0. The van der Waals surface area contributed by atoms with Gasteiger partial charge >= 0.3 is 12.2 Å². The Balaban J connectivity index is 0.876. The minimum Gasteiger partial charge on any atom is -0.494 e. The van der Waals surface area contributed by atoms with Gasteiger partial charge in [0.25, 0.3) is 0 Å². The largest absolute Gasteiger partial charge is 0.494 e. The molecule has 0 radical (unpaired) electrons. The van der Waals surface area contributed by atoms with Crippen molar-refractivity contribution >= 4 is 12.2 Å². The van der Waals surface area contributed by atoms with Crippen LogP contribution in [0.25, 0.3) is 0 Å². The van der Waals surface area contributed by atoms with E-state index in [2.05, 4.69) is 79.3 Å². The first-order valence-corrected chi connectivity index (χ1v) is 23.0. The summed E-state index contributed by atoms with van der Waals surface area (Å²) in [6.07, 6.45) is 10.6. The van der Waals surface area contributed by atoms with Crippen molar-refractivity contribution in [3.8, 4) is 11.5 Å². The molecule has 2 aromatic rings. The van der Waals surface area contributed by atoms with Gasteiger partial charge in [-0.15, -0.1) is 0 Å². The molecule has 2 N–H and O–H groups in total. The van der Waals surface area contributed by atoms with Crippen molar-refractivity contribution < 1.29 is 33.3 Å². The van der Waals surface area contributed by atoms with Gasteiger partial charge < -0.3 is 34.3 Å². The second-order valence-corrected chi connectivity index (χ2v) is 18.5. The van der Waals surface area contributed by atoms with Gasteiger partial charge in [0.15, 0.2) is 6.10 Å². The molecule has 2 amide bonds. The predicted octanol–water partition coefficient (Wildman–Crippen LogP) is 8.71. The summed E-state index contributed by atoms with van der Waals surface area (Å²) in [5.41, 5.74) is 2.23. The molecule has 6 atom stereocenters. The zero-order chi connectivity index (χ0) is 41.8. The summed E-state index contributed by atoms with van der Waals surface area (Å²) in [5.74, 6) is 3.01. The fraction of sp³-hybridized carbons (Fsp3) is 0.708. The van der Waals surface area contributed by atoms with Gasteiger partial charge in [-0.3, -0.25) is 9.80 Å². The molecule has 328 valence electrons. The first-order chi connectivity index (χ1) is 28.5. The summed E-state index contributed by atoms with van der Waals surface area (Å²) in [4.78, 5) is 30.7. The molecule has 2 heterocycles. The summed E-state index contributed by atoms with van der Waals surface area (Å²) in [7, 11) is 0. The molecule has 2 aliphatic carbocycles. The lowest BCUT2D eigenvalue weighted by Gasteiger charge is -2.34. The monoisotopic (exact) mass is 819 g/mol. The Kier molecular flexibility index (Phi) is 16.6. The fourth-order valence-electron chi connectivity index (χ4n) is 9.04. The van der Waals surface area contributed by atoms with Gasteiger partial charge in [-0.05, 0) is 132 Å². The Morgan fingerprint density at radius 2 is 1.12 bits per heavy atom. The van der Waals surface area contributed by atoms with E-state index < -0.39 is 0 Å². The van der Waals surface area contributed by atoms with E-state index in [-0.39, 0.29) is 41.9 Å². The lowest BCUT2D eigenvalue weighted by Crippen LogP contribution is -2.42. The van der Waals surface area contributed by atoms with Gasteiger partial charge in [0.05, 0.1) is 13.2 Å². The molecule has 6 unspecified atom stereocenters. The highest BCUT2D eigenvalue weighted by Crippen LogP contribution is 2.36. The molecule has 2 aliphatic heterocycles. The van der Waals surface area contributed by atoms with E-state index in [1.54, 1.807) is 0 Å². The van der Waals surface area contributed by atoms with Crippen LogP contribution >= 0.6 is 0 Å². The third-order valence-corrected chi connectivity index (χ3v) is 13.2. The number of carbonyl (C=O) groups excluding carboxylic acids is 2. The molecule has 0 bridgehead atoms. The number of alkyl carbamates (subject to hydrolysis) is 2. The van der Waals surface area contributed by atoms with E-state index in [1.165, 1.54) is 17.5 Å². The van der Waals surface area contributed by atoms with Gasteiger partial charge in [-0.2, -0.15) is 0 Å². The molecule has 11 nitrogen and oxygen atoms in total. The van der Waals surface area contributed by atoms with Crippen LogP contribution < -0.4 is 20.1 Å². The summed E-state index contributed by atoms with van der Waals surface area (Å²) in [6, 6.07) is 18.0. The van der Waals surface area contributed by atoms with E-state index in [9.17, 15) is 9.59 Å². The smallest absolute Gasteiger partial charge is 0.407 e. The van der Waals surface area contributed by atoms with Crippen LogP contribution in [-0.2, 0) is 19.6 Å². The van der Waals surface area contributed by atoms with Crippen LogP contribution in [0, 0.1) is 11.8 Å². The number of amides is 2. The van der Waals surface area contributed by atoms with E-state index in [4.69, 9.17) is 23.7 Å². The van der Waals surface area contributed by atoms with E-state index in [0.717, 1.165) is 95.3 Å². The van der Waals surface area contributed by atoms with Crippen molar-refractivity contribution in [1.82, 2.24) is 20.4 Å². The average molecular weight is 819 g/mol. The SMILES string of the molecule is CCCCOCC(CN1CC1C)OC(=O)NC1CCC(CC2CCC(NC(=O)OC(COc3ccc(C(C)(C)c4ccc(OCC)cc4)cc3)CN3CC3C)CC2)CC1. The van der Waals surface area contributed by atoms with Crippen molar-refractivity contribution in [1.29, 1.82) is 0 Å². The molecule has 6 rings (SSSR count). The van der Waals surface area contributed by atoms with E-state index >= 15 is 0 Å². The molecule has 0 aromatic heterocycles. The number of rotatable bonds is 22. The molecular weight excluding hydrogens is 745 g/mol. The van der Waals surface area contributed by atoms with Crippen LogP contribution in [0.15, 0.2) is 48.5 Å². The third-order valence-electron chi connectivity index (χ3n) is 13.2. The predicted molar refractivity (Wildman–Crippen MR) is 232 cm³/mol. The van der Waals surface area contributed by atoms with Crippen molar-refractivity contribution in [2.45, 2.75) is 154 Å². The number of carbonyl (C=O) groups is 2. The number of nitrogens with zero attached hydrogens (tertiary/aromatic N) is 2. The summed E-state index contributed by atoms with van der Waals surface area (Å²) < 4.78 is 29.5. The first kappa shape index (κ1) is 45.0. The zero-order valence-electron chi connectivity index (χ0n) is 36.9. The highest BCUT2D eigenvalue weighted by molar-refractivity contribution is 5.68. The second kappa shape index (κ2) is 21.8. The van der Waals surface area contributed by atoms with Crippen LogP contribution in [0.1, 0.15) is 123 Å². The van der Waals surface area contributed by atoms with Crippen LogP contribution in [0.2, 0.25) is 0 Å². The van der Waals surface area contributed by atoms with Gasteiger partial charge in [-0.25, -0.2) is 9.59 Å². The highest BCUT2D eigenvalue weighted by Gasteiger charge is 2.35. The van der Waals surface area contributed by atoms with Crippen LogP contribution in [0.4, 0.5) is 9.59 Å². The molecule has 0 spiro atoms.